The van der Waals surface area contributed by atoms with Gasteiger partial charge in [0.05, 0.1) is 18.0 Å². The van der Waals surface area contributed by atoms with Crippen LogP contribution in [0.3, 0.4) is 0 Å². The van der Waals surface area contributed by atoms with Crippen molar-refractivity contribution < 1.29 is 22.7 Å². The molecule has 1 aliphatic heterocycles. The van der Waals surface area contributed by atoms with Gasteiger partial charge in [0, 0.05) is 18.1 Å². The standard InChI is InChI=1S/C17H24ClN3O5S/c1-12(2)10-19-16(22)17(23)20-11-15-21(8-3-9-26-15)27(24,25)14-6-4-13(18)5-7-14/h4-7,12,15H,3,8-11H2,1-2H3,(H,19,22)(H,20,23)/t15-/m0/s1. The molecule has 0 unspecified atom stereocenters. The summed E-state index contributed by atoms with van der Waals surface area (Å²) in [7, 11) is -3.82. The van der Waals surface area contributed by atoms with Gasteiger partial charge in [-0.3, -0.25) is 9.59 Å². The SMILES string of the molecule is CC(C)CNC(=O)C(=O)NC[C@@H]1OCCCN1S(=O)(=O)c1ccc(Cl)cc1. The van der Waals surface area contributed by atoms with Crippen molar-refractivity contribution in [2.75, 3.05) is 26.2 Å². The van der Waals surface area contributed by atoms with E-state index in [1.165, 1.54) is 28.6 Å². The average molecular weight is 418 g/mol. The Morgan fingerprint density at radius 3 is 2.48 bits per heavy atom. The molecule has 10 heteroatoms. The molecule has 0 saturated carbocycles. The fraction of sp³-hybridized carbons (Fsp3) is 0.529. The van der Waals surface area contributed by atoms with Crippen molar-refractivity contribution in [2.24, 2.45) is 5.92 Å². The largest absolute Gasteiger partial charge is 0.360 e. The third-order valence-corrected chi connectivity index (χ3v) is 6.04. The fourth-order valence-electron chi connectivity index (χ4n) is 2.48. The second kappa shape index (κ2) is 9.50. The highest BCUT2D eigenvalue weighted by Crippen LogP contribution is 2.23. The molecule has 2 amide bonds. The van der Waals surface area contributed by atoms with Crippen LogP contribution in [0.1, 0.15) is 20.3 Å². The molecule has 8 nitrogen and oxygen atoms in total. The number of halogens is 1. The van der Waals surface area contributed by atoms with Crippen molar-refractivity contribution in [1.29, 1.82) is 0 Å². The Hall–Kier alpha value is -1.68. The molecule has 0 spiro atoms. The van der Waals surface area contributed by atoms with Crippen LogP contribution in [-0.4, -0.2) is 57.0 Å². The lowest BCUT2D eigenvalue weighted by molar-refractivity contribution is -0.140. The van der Waals surface area contributed by atoms with Gasteiger partial charge < -0.3 is 15.4 Å². The maximum Gasteiger partial charge on any atom is 0.309 e. The topological polar surface area (TPSA) is 105 Å². The molecule has 0 radical (unpaired) electrons. The Balaban J connectivity index is 2.03. The highest BCUT2D eigenvalue weighted by molar-refractivity contribution is 7.89. The quantitative estimate of drug-likeness (QED) is 0.671. The van der Waals surface area contributed by atoms with E-state index in [0.717, 1.165) is 0 Å². The van der Waals surface area contributed by atoms with Crippen molar-refractivity contribution in [3.05, 3.63) is 29.3 Å². The first-order valence-corrected chi connectivity index (χ1v) is 10.5. The summed E-state index contributed by atoms with van der Waals surface area (Å²) in [5.74, 6) is -1.37. The van der Waals surface area contributed by atoms with E-state index in [0.29, 0.717) is 24.6 Å². The van der Waals surface area contributed by atoms with Crippen LogP contribution in [0, 0.1) is 5.92 Å². The molecular formula is C17H24ClN3O5S. The Kier molecular flexibility index (Phi) is 7.60. The normalized spacial score (nSPS) is 18.3. The number of nitrogens with zero attached hydrogens (tertiary/aromatic N) is 1. The van der Waals surface area contributed by atoms with Crippen LogP contribution in [0.2, 0.25) is 5.02 Å². The lowest BCUT2D eigenvalue weighted by atomic mass is 10.2. The van der Waals surface area contributed by atoms with Gasteiger partial charge in [-0.2, -0.15) is 4.31 Å². The van der Waals surface area contributed by atoms with E-state index >= 15 is 0 Å². The monoisotopic (exact) mass is 417 g/mol. The van der Waals surface area contributed by atoms with Crippen LogP contribution in [0.15, 0.2) is 29.2 Å². The van der Waals surface area contributed by atoms with E-state index in [9.17, 15) is 18.0 Å². The van der Waals surface area contributed by atoms with Crippen LogP contribution in [0.25, 0.3) is 0 Å². The first-order valence-electron chi connectivity index (χ1n) is 8.67. The molecule has 1 saturated heterocycles. The van der Waals surface area contributed by atoms with Gasteiger partial charge in [-0.05, 0) is 36.6 Å². The summed E-state index contributed by atoms with van der Waals surface area (Å²) >= 11 is 5.82. The molecule has 1 fully saturated rings. The number of rotatable bonds is 6. The minimum absolute atomic E-state index is 0.0865. The van der Waals surface area contributed by atoms with E-state index in [1.54, 1.807) is 0 Å². The number of carbonyl (C=O) groups excluding carboxylic acids is 2. The van der Waals surface area contributed by atoms with Gasteiger partial charge in [0.1, 0.15) is 6.23 Å². The van der Waals surface area contributed by atoms with E-state index in [4.69, 9.17) is 16.3 Å². The van der Waals surface area contributed by atoms with Gasteiger partial charge in [0.2, 0.25) is 10.0 Å². The summed E-state index contributed by atoms with van der Waals surface area (Å²) in [6.45, 7) is 4.70. The molecular weight excluding hydrogens is 394 g/mol. The van der Waals surface area contributed by atoms with Gasteiger partial charge in [-0.1, -0.05) is 25.4 Å². The van der Waals surface area contributed by atoms with Gasteiger partial charge in [-0.15, -0.1) is 0 Å². The maximum atomic E-state index is 12.9. The molecule has 150 valence electrons. The Morgan fingerprint density at radius 2 is 1.85 bits per heavy atom. The van der Waals surface area contributed by atoms with Crippen molar-refractivity contribution in [2.45, 2.75) is 31.4 Å². The van der Waals surface area contributed by atoms with Gasteiger partial charge in [0.15, 0.2) is 0 Å². The predicted molar refractivity (Wildman–Crippen MR) is 101 cm³/mol. The van der Waals surface area contributed by atoms with Crippen LogP contribution in [-0.2, 0) is 24.3 Å². The van der Waals surface area contributed by atoms with Crippen LogP contribution >= 0.6 is 11.6 Å². The summed E-state index contributed by atoms with van der Waals surface area (Å²) in [6, 6.07) is 5.83. The van der Waals surface area contributed by atoms with E-state index in [-0.39, 0.29) is 23.9 Å². The maximum absolute atomic E-state index is 12.9. The number of carbonyl (C=O) groups is 2. The first-order chi connectivity index (χ1) is 12.7. The number of hydrogen-bond acceptors (Lipinski definition) is 5. The zero-order chi connectivity index (χ0) is 20.0. The molecule has 0 aliphatic carbocycles. The highest BCUT2D eigenvalue weighted by Gasteiger charge is 2.34. The predicted octanol–water partition coefficient (Wildman–Crippen LogP) is 0.966. The molecule has 0 bridgehead atoms. The molecule has 0 aromatic heterocycles. The van der Waals surface area contributed by atoms with Crippen molar-refractivity contribution in [3.63, 3.8) is 0 Å². The minimum atomic E-state index is -3.82. The smallest absolute Gasteiger partial charge is 0.309 e. The molecule has 1 heterocycles. The summed E-state index contributed by atoms with van der Waals surface area (Å²) in [4.78, 5) is 23.7. The zero-order valence-electron chi connectivity index (χ0n) is 15.3. The Labute approximate surface area is 164 Å². The van der Waals surface area contributed by atoms with Crippen molar-refractivity contribution >= 4 is 33.4 Å². The van der Waals surface area contributed by atoms with Crippen LogP contribution in [0.5, 0.6) is 0 Å². The fourth-order valence-corrected chi connectivity index (χ4v) is 4.17. The van der Waals surface area contributed by atoms with Gasteiger partial charge in [0.25, 0.3) is 0 Å². The molecule has 1 atom stereocenters. The Bertz CT molecular complexity index is 767. The molecule has 1 aromatic rings. The minimum Gasteiger partial charge on any atom is -0.360 e. The third-order valence-electron chi connectivity index (χ3n) is 3.89. The van der Waals surface area contributed by atoms with Gasteiger partial charge in [-0.25, -0.2) is 8.42 Å². The van der Waals surface area contributed by atoms with Gasteiger partial charge >= 0.3 is 11.8 Å². The molecule has 1 aromatic carbocycles. The van der Waals surface area contributed by atoms with Crippen LogP contribution in [0.4, 0.5) is 0 Å². The summed E-state index contributed by atoms with van der Waals surface area (Å²) in [6.07, 6.45) is -0.354. The zero-order valence-corrected chi connectivity index (χ0v) is 16.8. The number of hydrogen-bond donors (Lipinski definition) is 2. The summed E-state index contributed by atoms with van der Waals surface area (Å²) < 4.78 is 32.5. The second-order valence-corrected chi connectivity index (χ2v) is 8.89. The number of sulfonamides is 1. The van der Waals surface area contributed by atoms with E-state index in [2.05, 4.69) is 10.6 Å². The first kappa shape index (κ1) is 21.6. The molecule has 2 rings (SSSR count). The van der Waals surface area contributed by atoms with Crippen molar-refractivity contribution in [1.82, 2.24) is 14.9 Å². The average Bonchev–Trinajstić information content (AvgIpc) is 2.64. The summed E-state index contributed by atoms with van der Waals surface area (Å²) in [5.41, 5.74) is 0. The molecule has 27 heavy (non-hydrogen) atoms. The lowest BCUT2D eigenvalue weighted by Gasteiger charge is -2.34. The number of amides is 2. The molecule has 1 aliphatic rings. The second-order valence-electron chi connectivity index (χ2n) is 6.56. The lowest BCUT2D eigenvalue weighted by Crippen LogP contribution is -2.53. The number of benzene rings is 1. The highest BCUT2D eigenvalue weighted by atomic mass is 35.5. The molecule has 2 N–H and O–H groups in total. The Morgan fingerprint density at radius 1 is 1.22 bits per heavy atom. The third kappa shape index (κ3) is 5.90. The number of nitrogens with one attached hydrogen (secondary N) is 2. The van der Waals surface area contributed by atoms with E-state index < -0.39 is 28.1 Å². The van der Waals surface area contributed by atoms with E-state index in [1.807, 2.05) is 13.8 Å². The van der Waals surface area contributed by atoms with Crippen LogP contribution < -0.4 is 10.6 Å². The number of ether oxygens (including phenoxy) is 1. The summed E-state index contributed by atoms with van der Waals surface area (Å²) in [5, 5.41) is 5.37. The van der Waals surface area contributed by atoms with Crippen molar-refractivity contribution in [3.8, 4) is 0 Å².